The Labute approximate surface area is 191 Å². The average molecular weight is 437 g/mol. The molecule has 4 aliphatic rings. The topological polar surface area (TPSA) is 60.4 Å². The van der Waals surface area contributed by atoms with Crippen LogP contribution in [-0.2, 0) is 14.3 Å². The van der Waals surface area contributed by atoms with E-state index in [4.69, 9.17) is 4.74 Å². The lowest BCUT2D eigenvalue weighted by Crippen LogP contribution is -2.58. The summed E-state index contributed by atoms with van der Waals surface area (Å²) < 4.78 is 6.21. The number of carbonyl (C=O) groups excluding carboxylic acids is 3. The van der Waals surface area contributed by atoms with E-state index in [1.165, 1.54) is 0 Å². The van der Waals surface area contributed by atoms with E-state index >= 15 is 0 Å². The molecule has 0 saturated heterocycles. The summed E-state index contributed by atoms with van der Waals surface area (Å²) in [7, 11) is 0. The van der Waals surface area contributed by atoms with Gasteiger partial charge in [-0.1, -0.05) is 32.0 Å². The van der Waals surface area contributed by atoms with Crippen LogP contribution < -0.4 is 0 Å². The van der Waals surface area contributed by atoms with Crippen molar-refractivity contribution < 1.29 is 19.1 Å². The maximum Gasteiger partial charge on any atom is 0.338 e. The van der Waals surface area contributed by atoms with Crippen LogP contribution in [0.1, 0.15) is 82.5 Å². The van der Waals surface area contributed by atoms with Crippen LogP contribution in [0.25, 0.3) is 0 Å². The van der Waals surface area contributed by atoms with Crippen LogP contribution in [0.4, 0.5) is 0 Å². The Hall–Kier alpha value is -1.97. The van der Waals surface area contributed by atoms with Crippen LogP contribution in [0, 0.1) is 40.4 Å². The van der Waals surface area contributed by atoms with Crippen molar-refractivity contribution in [1.29, 1.82) is 0 Å². The number of hydrogen-bond acceptors (Lipinski definition) is 4. The summed E-state index contributed by atoms with van der Waals surface area (Å²) in [6.45, 7) is 6.47. The first-order valence-corrected chi connectivity index (χ1v) is 12.5. The second-order valence-electron chi connectivity index (χ2n) is 11.6. The van der Waals surface area contributed by atoms with Gasteiger partial charge in [0.05, 0.1) is 5.56 Å². The highest BCUT2D eigenvalue weighted by atomic mass is 16.5. The predicted octanol–water partition coefficient (Wildman–Crippen LogP) is 5.64. The lowest BCUT2D eigenvalue weighted by atomic mass is 9.44. The zero-order chi connectivity index (χ0) is 22.7. The number of ether oxygens (including phenoxy) is 1. The lowest BCUT2D eigenvalue weighted by Gasteiger charge is -2.61. The molecule has 0 heterocycles. The molecular weight excluding hydrogens is 400 g/mol. The molecule has 0 radical (unpaired) electrons. The minimum atomic E-state index is -0.277. The van der Waals surface area contributed by atoms with Crippen molar-refractivity contribution in [3.8, 4) is 0 Å². The standard InChI is InChI=1S/C28H36O4/c1-17(29)21-9-10-22-20-16-25(32-26(31)18-7-5-4-6-8-18)24-15-19(30)11-13-28(24,3)23(20)12-14-27(21,22)2/h4-8,20-25H,9-16H2,1-3H3/t20?,21?,22?,23?,24-,25+,27?,28?/m0/s1. The molecule has 0 N–H and O–H groups in total. The van der Waals surface area contributed by atoms with Gasteiger partial charge in [-0.3, -0.25) is 9.59 Å². The molecule has 0 aromatic heterocycles. The molecule has 0 amide bonds. The molecule has 4 fully saturated rings. The zero-order valence-corrected chi connectivity index (χ0v) is 19.6. The van der Waals surface area contributed by atoms with Gasteiger partial charge in [0.25, 0.3) is 0 Å². The molecule has 4 saturated carbocycles. The molecule has 1 aromatic rings. The summed E-state index contributed by atoms with van der Waals surface area (Å²) in [6, 6.07) is 9.20. The Morgan fingerprint density at radius 3 is 2.38 bits per heavy atom. The van der Waals surface area contributed by atoms with Crippen LogP contribution in [0.3, 0.4) is 0 Å². The fraction of sp³-hybridized carbons (Fsp3) is 0.679. The Balaban J connectivity index is 1.47. The van der Waals surface area contributed by atoms with Crippen molar-refractivity contribution in [3.63, 3.8) is 0 Å². The smallest absolute Gasteiger partial charge is 0.338 e. The first-order valence-electron chi connectivity index (χ1n) is 12.5. The molecule has 4 aliphatic carbocycles. The van der Waals surface area contributed by atoms with Gasteiger partial charge >= 0.3 is 5.97 Å². The third-order valence-electron chi connectivity index (χ3n) is 10.2. The Morgan fingerprint density at radius 2 is 1.66 bits per heavy atom. The second-order valence-corrected chi connectivity index (χ2v) is 11.6. The summed E-state index contributed by atoms with van der Waals surface area (Å²) in [6.07, 6.45) is 7.01. The molecule has 0 aliphatic heterocycles. The van der Waals surface area contributed by atoms with E-state index in [9.17, 15) is 14.4 Å². The van der Waals surface area contributed by atoms with Crippen molar-refractivity contribution in [2.45, 2.75) is 78.2 Å². The summed E-state index contributed by atoms with van der Waals surface area (Å²) in [4.78, 5) is 38.0. The van der Waals surface area contributed by atoms with Crippen LogP contribution in [0.15, 0.2) is 30.3 Å². The van der Waals surface area contributed by atoms with E-state index < -0.39 is 0 Å². The number of fused-ring (bicyclic) bond motifs is 5. The fourth-order valence-corrected chi connectivity index (χ4v) is 8.64. The van der Waals surface area contributed by atoms with Crippen LogP contribution >= 0.6 is 0 Å². The van der Waals surface area contributed by atoms with E-state index in [1.807, 2.05) is 18.2 Å². The number of benzene rings is 1. The normalized spacial score (nSPS) is 43.0. The third kappa shape index (κ3) is 3.28. The Morgan fingerprint density at radius 1 is 0.938 bits per heavy atom. The minimum absolute atomic E-state index is 0.0219. The van der Waals surface area contributed by atoms with Gasteiger partial charge in [-0.15, -0.1) is 0 Å². The number of hydrogen-bond donors (Lipinski definition) is 0. The summed E-state index contributed by atoms with van der Waals surface area (Å²) in [5.41, 5.74) is 0.660. The minimum Gasteiger partial charge on any atom is -0.458 e. The van der Waals surface area contributed by atoms with Gasteiger partial charge in [0.2, 0.25) is 0 Å². The quantitative estimate of drug-likeness (QED) is 0.576. The molecule has 32 heavy (non-hydrogen) atoms. The predicted molar refractivity (Wildman–Crippen MR) is 122 cm³/mol. The molecule has 8 atom stereocenters. The van der Waals surface area contributed by atoms with Gasteiger partial charge in [-0.2, -0.15) is 0 Å². The van der Waals surface area contributed by atoms with Crippen LogP contribution in [0.5, 0.6) is 0 Å². The van der Waals surface area contributed by atoms with Gasteiger partial charge in [0.15, 0.2) is 0 Å². The number of Topliss-reactive ketones (excluding diaryl/α,β-unsaturated/α-hetero) is 2. The number of ketones is 2. The maximum atomic E-state index is 13.0. The molecule has 1 aromatic carbocycles. The van der Waals surface area contributed by atoms with Crippen LogP contribution in [0.2, 0.25) is 0 Å². The average Bonchev–Trinajstić information content (AvgIpc) is 3.13. The molecule has 172 valence electrons. The van der Waals surface area contributed by atoms with Crippen molar-refractivity contribution in [1.82, 2.24) is 0 Å². The highest BCUT2D eigenvalue weighted by Gasteiger charge is 2.63. The summed E-state index contributed by atoms with van der Waals surface area (Å²) in [5, 5.41) is 0. The Kier molecular flexibility index (Phi) is 5.34. The number of esters is 1. The number of rotatable bonds is 3. The summed E-state index contributed by atoms with van der Waals surface area (Å²) in [5.74, 6) is 2.15. The molecule has 0 bridgehead atoms. The monoisotopic (exact) mass is 436 g/mol. The fourth-order valence-electron chi connectivity index (χ4n) is 8.64. The van der Waals surface area contributed by atoms with Crippen molar-refractivity contribution in [3.05, 3.63) is 35.9 Å². The van der Waals surface area contributed by atoms with Gasteiger partial charge in [0.1, 0.15) is 17.7 Å². The van der Waals surface area contributed by atoms with Crippen molar-refractivity contribution in [2.24, 2.45) is 40.4 Å². The Bertz CT molecular complexity index is 923. The molecular formula is C28H36O4. The maximum absolute atomic E-state index is 13.0. The lowest BCUT2D eigenvalue weighted by molar-refractivity contribution is -0.167. The van der Waals surface area contributed by atoms with E-state index in [2.05, 4.69) is 13.8 Å². The van der Waals surface area contributed by atoms with Gasteiger partial charge in [-0.05, 0) is 86.2 Å². The largest absolute Gasteiger partial charge is 0.458 e. The summed E-state index contributed by atoms with van der Waals surface area (Å²) >= 11 is 0. The van der Waals surface area contributed by atoms with E-state index in [0.29, 0.717) is 47.7 Å². The highest BCUT2D eigenvalue weighted by Crippen LogP contribution is 2.67. The molecule has 5 rings (SSSR count). The molecule has 4 nitrogen and oxygen atoms in total. The highest BCUT2D eigenvalue weighted by molar-refractivity contribution is 5.89. The van der Waals surface area contributed by atoms with Gasteiger partial charge in [-0.25, -0.2) is 4.79 Å². The van der Waals surface area contributed by atoms with Crippen molar-refractivity contribution >= 4 is 17.5 Å². The van der Waals surface area contributed by atoms with Gasteiger partial charge in [0, 0.05) is 24.7 Å². The van der Waals surface area contributed by atoms with E-state index in [-0.39, 0.29) is 34.7 Å². The first kappa shape index (κ1) is 21.9. The third-order valence-corrected chi connectivity index (χ3v) is 10.2. The SMILES string of the molecule is CC(=O)C1CCC2C3C[C@@H](OC(=O)c4ccccc4)[C@@H]4CC(=O)CCC4(C)C3CCC12C. The molecule has 4 heteroatoms. The van der Waals surface area contributed by atoms with E-state index in [1.54, 1.807) is 19.1 Å². The second kappa shape index (κ2) is 7.81. The van der Waals surface area contributed by atoms with Gasteiger partial charge < -0.3 is 4.74 Å². The first-order chi connectivity index (χ1) is 15.2. The number of carbonyl (C=O) groups is 3. The van der Waals surface area contributed by atoms with E-state index in [0.717, 1.165) is 38.5 Å². The molecule has 0 spiro atoms. The molecule has 6 unspecified atom stereocenters. The van der Waals surface area contributed by atoms with Crippen molar-refractivity contribution in [2.75, 3.05) is 0 Å². The van der Waals surface area contributed by atoms with Crippen LogP contribution in [-0.4, -0.2) is 23.6 Å². The zero-order valence-electron chi connectivity index (χ0n) is 19.6.